The van der Waals surface area contributed by atoms with E-state index < -0.39 is 0 Å². The highest BCUT2D eigenvalue weighted by atomic mass is 14.1. The fourth-order valence-electron chi connectivity index (χ4n) is 1.18. The van der Waals surface area contributed by atoms with Gasteiger partial charge in [-0.3, -0.25) is 0 Å². The van der Waals surface area contributed by atoms with Crippen LogP contribution in [0.25, 0.3) is 0 Å². The van der Waals surface area contributed by atoms with Crippen LogP contribution in [0.1, 0.15) is 68.2 Å². The van der Waals surface area contributed by atoms with E-state index in [1.54, 1.807) is 0 Å². The Morgan fingerprint density at radius 1 is 1.00 bits per heavy atom. The predicted molar refractivity (Wildman–Crippen MR) is 66.2 cm³/mol. The third kappa shape index (κ3) is 18.6. The molecule has 0 aliphatic heterocycles. The summed E-state index contributed by atoms with van der Waals surface area (Å²) >= 11 is 0. The third-order valence-corrected chi connectivity index (χ3v) is 1.51. The molecule has 0 bridgehead atoms. The molecule has 0 heteroatoms. The van der Waals surface area contributed by atoms with Gasteiger partial charge in [0.05, 0.1) is 0 Å². The molecule has 82 valence electrons. The number of rotatable bonds is 3. The second-order valence-corrected chi connectivity index (χ2v) is 3.24. The molecule has 0 aliphatic rings. The van der Waals surface area contributed by atoms with Crippen molar-refractivity contribution in [3.63, 3.8) is 0 Å². The van der Waals surface area contributed by atoms with Crippen LogP contribution in [-0.4, -0.2) is 0 Å². The molecule has 13 heavy (non-hydrogen) atoms. The minimum atomic E-state index is 0.420. The molecule has 0 atom stereocenters. The van der Waals surface area contributed by atoms with Gasteiger partial charge in [0, 0.05) is 0 Å². The van der Waals surface area contributed by atoms with E-state index in [9.17, 15) is 0 Å². The maximum Gasteiger partial charge on any atom is -0.0175 e. The van der Waals surface area contributed by atoms with E-state index in [1.165, 1.54) is 12.8 Å². The van der Waals surface area contributed by atoms with Crippen molar-refractivity contribution in [1.82, 2.24) is 0 Å². The van der Waals surface area contributed by atoms with Crippen molar-refractivity contribution >= 4 is 0 Å². The van der Waals surface area contributed by atoms with Crippen molar-refractivity contribution in [3.8, 4) is 0 Å². The van der Waals surface area contributed by atoms with Crippen LogP contribution in [0.5, 0.6) is 0 Å². The lowest BCUT2D eigenvalue weighted by atomic mass is 9.88. The zero-order valence-electron chi connectivity index (χ0n) is 11.1. The van der Waals surface area contributed by atoms with E-state index in [2.05, 4.69) is 39.8 Å². The van der Waals surface area contributed by atoms with Crippen LogP contribution in [0.4, 0.5) is 0 Å². The molecule has 0 aliphatic carbocycles. The van der Waals surface area contributed by atoms with E-state index in [0.29, 0.717) is 5.41 Å². The van der Waals surface area contributed by atoms with Gasteiger partial charge >= 0.3 is 0 Å². The van der Waals surface area contributed by atoms with Gasteiger partial charge < -0.3 is 0 Å². The van der Waals surface area contributed by atoms with Gasteiger partial charge in [-0.15, -0.1) is 0 Å². The first-order valence-electron chi connectivity index (χ1n) is 5.76. The van der Waals surface area contributed by atoms with Crippen LogP contribution in [0, 0.1) is 5.41 Å². The molecule has 0 saturated heterocycles. The zero-order valence-corrected chi connectivity index (χ0v) is 11.1. The van der Waals surface area contributed by atoms with Crippen molar-refractivity contribution in [2.75, 3.05) is 0 Å². The lowest BCUT2D eigenvalue weighted by Crippen LogP contribution is -2.05. The fourth-order valence-corrected chi connectivity index (χ4v) is 1.18. The molecule has 0 fully saturated rings. The van der Waals surface area contributed by atoms with Crippen LogP contribution < -0.4 is 0 Å². The van der Waals surface area contributed by atoms with Crippen molar-refractivity contribution in [3.05, 3.63) is 12.2 Å². The number of hydrogen-bond donors (Lipinski definition) is 0. The van der Waals surface area contributed by atoms with Crippen molar-refractivity contribution in [2.24, 2.45) is 5.41 Å². The molecule has 0 nitrogen and oxygen atoms in total. The van der Waals surface area contributed by atoms with E-state index in [-0.39, 0.29) is 0 Å². The molecule has 0 saturated carbocycles. The molecule has 0 heterocycles. The van der Waals surface area contributed by atoms with E-state index >= 15 is 0 Å². The number of hydrogen-bond acceptors (Lipinski definition) is 0. The molecule has 0 spiro atoms. The van der Waals surface area contributed by atoms with Crippen molar-refractivity contribution in [1.29, 1.82) is 0 Å². The summed E-state index contributed by atoms with van der Waals surface area (Å²) in [7, 11) is 0. The van der Waals surface area contributed by atoms with E-state index in [4.69, 9.17) is 0 Å². The second-order valence-electron chi connectivity index (χ2n) is 3.24. The standard InChI is InChI=1S/C9H18.2C2H6/c1-5-7-9(3,4)8-6-2;2*1-2/h5,7H,6,8H2,1-4H3;2*1-2H3/b7-5-;;. The molecule has 0 N–H and O–H groups in total. The Balaban J connectivity index is -0.000000218. The lowest BCUT2D eigenvalue weighted by Gasteiger charge is -2.18. The summed E-state index contributed by atoms with van der Waals surface area (Å²) in [5, 5.41) is 0. The normalized spacial score (nSPS) is 9.85. The van der Waals surface area contributed by atoms with Gasteiger partial charge in [-0.05, 0) is 18.8 Å². The molecule has 0 unspecified atom stereocenters. The first kappa shape index (κ1) is 18.5. The van der Waals surface area contributed by atoms with Crippen molar-refractivity contribution < 1.29 is 0 Å². The SMILES string of the molecule is C/C=C\C(C)(C)CCC.CC.CC. The van der Waals surface area contributed by atoms with Gasteiger partial charge in [0.25, 0.3) is 0 Å². The average molecular weight is 186 g/mol. The summed E-state index contributed by atoms with van der Waals surface area (Å²) in [6.07, 6.45) is 6.97. The molecule has 0 radical (unpaired) electrons. The Hall–Kier alpha value is -0.260. The Bertz CT molecular complexity index is 88.2. The molecular formula is C13H30. The van der Waals surface area contributed by atoms with Crippen molar-refractivity contribution in [2.45, 2.75) is 68.2 Å². The predicted octanol–water partition coefficient (Wildman–Crippen LogP) is 5.44. The minimum Gasteiger partial charge on any atom is -0.0911 e. The van der Waals surface area contributed by atoms with Crippen LogP contribution in [-0.2, 0) is 0 Å². The topological polar surface area (TPSA) is 0 Å². The largest absolute Gasteiger partial charge is 0.0911 e. The summed E-state index contributed by atoms with van der Waals surface area (Å²) in [6.45, 7) is 16.9. The van der Waals surface area contributed by atoms with Gasteiger partial charge in [-0.1, -0.05) is 67.0 Å². The van der Waals surface area contributed by atoms with Crippen LogP contribution >= 0.6 is 0 Å². The summed E-state index contributed by atoms with van der Waals surface area (Å²) in [5.74, 6) is 0. The number of allylic oxidation sites excluding steroid dienone is 2. The smallest absolute Gasteiger partial charge is 0.0175 e. The van der Waals surface area contributed by atoms with Crippen LogP contribution in [0.2, 0.25) is 0 Å². The Labute approximate surface area is 86.4 Å². The second kappa shape index (κ2) is 14.3. The molecular weight excluding hydrogens is 156 g/mol. The summed E-state index contributed by atoms with van der Waals surface area (Å²) in [4.78, 5) is 0. The highest BCUT2D eigenvalue weighted by Crippen LogP contribution is 2.23. The minimum absolute atomic E-state index is 0.420. The first-order valence-corrected chi connectivity index (χ1v) is 5.76. The van der Waals surface area contributed by atoms with E-state index in [0.717, 1.165) is 0 Å². The highest BCUT2D eigenvalue weighted by Gasteiger charge is 2.10. The Morgan fingerprint density at radius 3 is 1.62 bits per heavy atom. The molecule has 0 rings (SSSR count). The van der Waals surface area contributed by atoms with Crippen LogP contribution in [0.15, 0.2) is 12.2 Å². The van der Waals surface area contributed by atoms with Gasteiger partial charge in [-0.2, -0.15) is 0 Å². The van der Waals surface area contributed by atoms with Gasteiger partial charge in [0.2, 0.25) is 0 Å². The maximum atomic E-state index is 2.27. The first-order chi connectivity index (χ1) is 6.12. The maximum absolute atomic E-state index is 2.27. The fraction of sp³-hybridized carbons (Fsp3) is 0.846. The molecule has 0 amide bonds. The summed E-state index contributed by atoms with van der Waals surface area (Å²) in [5.41, 5.74) is 0.420. The molecule has 0 aromatic carbocycles. The van der Waals surface area contributed by atoms with Gasteiger partial charge in [0.1, 0.15) is 0 Å². The van der Waals surface area contributed by atoms with Gasteiger partial charge in [0.15, 0.2) is 0 Å². The quantitative estimate of drug-likeness (QED) is 0.515. The average Bonchev–Trinajstić information content (AvgIpc) is 2.11. The van der Waals surface area contributed by atoms with Gasteiger partial charge in [-0.25, -0.2) is 0 Å². The summed E-state index contributed by atoms with van der Waals surface area (Å²) < 4.78 is 0. The van der Waals surface area contributed by atoms with E-state index in [1.807, 2.05) is 27.7 Å². The third-order valence-electron chi connectivity index (χ3n) is 1.51. The Morgan fingerprint density at radius 2 is 1.38 bits per heavy atom. The van der Waals surface area contributed by atoms with Crippen LogP contribution in [0.3, 0.4) is 0 Å². The lowest BCUT2D eigenvalue weighted by molar-refractivity contribution is 0.431. The molecule has 0 aromatic rings. The monoisotopic (exact) mass is 186 g/mol. The Kier molecular flexibility index (Phi) is 20.3. The zero-order chi connectivity index (χ0) is 11.3. The highest BCUT2D eigenvalue weighted by molar-refractivity contribution is 4.92. The molecule has 0 aromatic heterocycles. The summed E-state index contributed by atoms with van der Waals surface area (Å²) in [6, 6.07) is 0.